The Morgan fingerprint density at radius 1 is 0.938 bits per heavy atom. The van der Waals surface area contributed by atoms with E-state index in [1.165, 1.54) is 26.7 Å². The van der Waals surface area contributed by atoms with Crippen LogP contribution >= 0.6 is 10.8 Å². The molecule has 1 aliphatic heterocycles. The Kier molecular flexibility index (Phi) is 2.70. The zero-order valence-corrected chi connectivity index (χ0v) is 10.8. The molecule has 1 atom stereocenters. The lowest BCUT2D eigenvalue weighted by Crippen LogP contribution is -2.07. The van der Waals surface area contributed by atoms with Crippen molar-refractivity contribution >= 4 is 20.7 Å². The first-order chi connectivity index (χ1) is 7.90. The fraction of sp³-hybridized carbons (Fsp3) is 0.143. The van der Waals surface area contributed by atoms with E-state index in [1.54, 1.807) is 0 Å². The Labute approximate surface area is 103 Å². The fourth-order valence-electron chi connectivity index (χ4n) is 2.02. The van der Waals surface area contributed by atoms with Crippen LogP contribution in [-0.2, 0) is 9.93 Å². The van der Waals surface area contributed by atoms with E-state index in [-0.39, 0.29) is 0 Å². The molecule has 1 aliphatic rings. The molecule has 0 nitrogen and oxygen atoms in total. The molecule has 0 aliphatic carbocycles. The molecule has 2 aromatic rings. The highest BCUT2D eigenvalue weighted by atomic mass is 33.1. The van der Waals surface area contributed by atoms with Crippen LogP contribution in [0.3, 0.4) is 0 Å². The third-order valence-corrected chi connectivity index (χ3v) is 7.26. The lowest BCUT2D eigenvalue weighted by Gasteiger charge is -2.17. The molecular weight excluding hydrogens is 232 g/mol. The molecule has 16 heavy (non-hydrogen) atoms. The number of rotatable bonds is 1. The van der Waals surface area contributed by atoms with Gasteiger partial charge in [0.1, 0.15) is 16.5 Å². The molecule has 0 fully saturated rings. The van der Waals surface area contributed by atoms with Crippen molar-refractivity contribution < 1.29 is 0 Å². The number of hydrogen-bond donors (Lipinski definition) is 0. The maximum atomic E-state index is 2.28. The molecule has 0 bridgehead atoms. The van der Waals surface area contributed by atoms with Crippen molar-refractivity contribution in [2.75, 3.05) is 5.75 Å². The van der Waals surface area contributed by atoms with Crippen LogP contribution in [0.15, 0.2) is 58.3 Å². The van der Waals surface area contributed by atoms with Crippen LogP contribution in [0.5, 0.6) is 0 Å². The Hall–Kier alpha value is -0.860. The number of fused-ring (bicyclic) bond motifs is 3. The van der Waals surface area contributed by atoms with Gasteiger partial charge in [-0.15, -0.1) is 0 Å². The van der Waals surface area contributed by atoms with Crippen molar-refractivity contribution in [1.82, 2.24) is 0 Å². The molecule has 1 heterocycles. The van der Waals surface area contributed by atoms with Crippen molar-refractivity contribution in [2.24, 2.45) is 0 Å². The minimum Gasteiger partial charge on any atom is -0.0616 e. The topological polar surface area (TPSA) is 0 Å². The van der Waals surface area contributed by atoms with Crippen molar-refractivity contribution in [2.45, 2.75) is 16.7 Å². The van der Waals surface area contributed by atoms with E-state index in [0.717, 1.165) is 0 Å². The molecule has 0 saturated carbocycles. The molecule has 0 aromatic heterocycles. The molecule has 2 heteroatoms. The summed E-state index contributed by atoms with van der Waals surface area (Å²) in [6, 6.07) is 17.6. The third kappa shape index (κ3) is 1.57. The summed E-state index contributed by atoms with van der Waals surface area (Å²) in [7, 11) is 2.36. The average molecular weight is 245 g/mol. The van der Waals surface area contributed by atoms with Gasteiger partial charge >= 0.3 is 0 Å². The van der Waals surface area contributed by atoms with Gasteiger partial charge in [0.2, 0.25) is 0 Å². The van der Waals surface area contributed by atoms with Gasteiger partial charge in [0.15, 0.2) is 4.90 Å². The van der Waals surface area contributed by atoms with Crippen LogP contribution in [0.4, 0.5) is 0 Å². The van der Waals surface area contributed by atoms with Gasteiger partial charge in [0, 0.05) is 11.1 Å². The van der Waals surface area contributed by atoms with E-state index in [9.17, 15) is 0 Å². The average Bonchev–Trinajstić information content (AvgIpc) is 2.38. The summed E-state index contributed by atoms with van der Waals surface area (Å²) in [5.74, 6) is 1.22. The standard InChI is InChI=1S/C14H13S2/c1-2-16-14-10-6-4-8-12(14)11-7-3-5-9-13(11)15-16/h3-10H,2H2,1H3/q+1. The molecule has 0 amide bonds. The predicted octanol–water partition coefficient (Wildman–Crippen LogP) is 4.37. The predicted molar refractivity (Wildman–Crippen MR) is 73.9 cm³/mol. The van der Waals surface area contributed by atoms with Gasteiger partial charge in [-0.2, -0.15) is 0 Å². The first-order valence-corrected chi connectivity index (χ1v) is 8.20. The van der Waals surface area contributed by atoms with Gasteiger partial charge in [-0.3, -0.25) is 0 Å². The van der Waals surface area contributed by atoms with Crippen LogP contribution in [0.1, 0.15) is 6.92 Å². The quantitative estimate of drug-likeness (QED) is 0.531. The number of hydrogen-bond acceptors (Lipinski definition) is 1. The maximum absolute atomic E-state index is 2.28. The lowest BCUT2D eigenvalue weighted by molar-refractivity contribution is 1.35. The minimum atomic E-state index is 0.329. The molecule has 3 rings (SSSR count). The highest BCUT2D eigenvalue weighted by Crippen LogP contribution is 2.47. The van der Waals surface area contributed by atoms with Gasteiger partial charge in [-0.25, -0.2) is 0 Å². The van der Waals surface area contributed by atoms with Gasteiger partial charge in [-0.1, -0.05) is 30.3 Å². The van der Waals surface area contributed by atoms with Crippen molar-refractivity contribution in [3.8, 4) is 11.1 Å². The largest absolute Gasteiger partial charge is 0.176 e. The van der Waals surface area contributed by atoms with E-state index >= 15 is 0 Å². The molecule has 0 N–H and O–H groups in total. The zero-order chi connectivity index (χ0) is 11.0. The van der Waals surface area contributed by atoms with Crippen LogP contribution in [0.25, 0.3) is 11.1 Å². The lowest BCUT2D eigenvalue weighted by atomic mass is 10.1. The molecule has 0 saturated heterocycles. The van der Waals surface area contributed by atoms with E-state index in [1.807, 2.05) is 10.8 Å². The minimum absolute atomic E-state index is 0.329. The highest BCUT2D eigenvalue weighted by Gasteiger charge is 2.32. The second-order valence-electron chi connectivity index (χ2n) is 3.71. The smallest absolute Gasteiger partial charge is 0.0616 e. The van der Waals surface area contributed by atoms with E-state index in [0.29, 0.717) is 9.93 Å². The van der Waals surface area contributed by atoms with Gasteiger partial charge in [0.25, 0.3) is 0 Å². The second-order valence-corrected chi connectivity index (χ2v) is 7.73. The Balaban J connectivity index is 2.24. The summed E-state index contributed by atoms with van der Waals surface area (Å²) in [6.07, 6.45) is 0. The molecule has 0 spiro atoms. The van der Waals surface area contributed by atoms with Gasteiger partial charge in [-0.05, 0) is 25.1 Å². The summed E-state index contributed by atoms with van der Waals surface area (Å²) in [6.45, 7) is 2.28. The van der Waals surface area contributed by atoms with Crippen LogP contribution in [0.2, 0.25) is 0 Å². The van der Waals surface area contributed by atoms with Crippen molar-refractivity contribution in [3.63, 3.8) is 0 Å². The van der Waals surface area contributed by atoms with Gasteiger partial charge in [0.05, 0.1) is 14.8 Å². The normalized spacial score (nSPS) is 17.7. The monoisotopic (exact) mass is 245 g/mol. The van der Waals surface area contributed by atoms with E-state index in [2.05, 4.69) is 55.5 Å². The van der Waals surface area contributed by atoms with Crippen LogP contribution in [0, 0.1) is 0 Å². The third-order valence-electron chi connectivity index (χ3n) is 2.76. The maximum Gasteiger partial charge on any atom is 0.176 e. The Morgan fingerprint density at radius 2 is 1.62 bits per heavy atom. The van der Waals surface area contributed by atoms with Crippen molar-refractivity contribution in [1.29, 1.82) is 0 Å². The summed E-state index contributed by atoms with van der Waals surface area (Å²) in [5.41, 5.74) is 2.84. The fourth-order valence-corrected chi connectivity index (χ4v) is 5.95. The van der Waals surface area contributed by atoms with E-state index < -0.39 is 0 Å². The summed E-state index contributed by atoms with van der Waals surface area (Å²) < 4.78 is 0. The Bertz CT molecular complexity index is 520. The van der Waals surface area contributed by atoms with Crippen LogP contribution in [-0.4, -0.2) is 5.75 Å². The Morgan fingerprint density at radius 3 is 2.44 bits per heavy atom. The summed E-state index contributed by atoms with van der Waals surface area (Å²) in [5, 5.41) is 0. The molecule has 1 unspecified atom stereocenters. The van der Waals surface area contributed by atoms with Crippen LogP contribution < -0.4 is 0 Å². The second kappa shape index (κ2) is 4.19. The SMILES string of the molecule is CC[S+]1Sc2ccccc2-c2ccccc21. The summed E-state index contributed by atoms with van der Waals surface area (Å²) >= 11 is 0. The molecular formula is C14H13S2+. The first kappa shape index (κ1) is 10.3. The molecule has 0 radical (unpaired) electrons. The first-order valence-electron chi connectivity index (χ1n) is 5.48. The van der Waals surface area contributed by atoms with Gasteiger partial charge < -0.3 is 0 Å². The molecule has 80 valence electrons. The zero-order valence-electron chi connectivity index (χ0n) is 9.14. The van der Waals surface area contributed by atoms with Crippen molar-refractivity contribution in [3.05, 3.63) is 48.5 Å². The highest BCUT2D eigenvalue weighted by molar-refractivity contribution is 8.74. The number of benzene rings is 2. The van der Waals surface area contributed by atoms with E-state index in [4.69, 9.17) is 0 Å². The molecule has 2 aromatic carbocycles. The summed E-state index contributed by atoms with van der Waals surface area (Å²) in [4.78, 5) is 2.96.